The average Bonchev–Trinajstić information content (AvgIpc) is 2.73. The van der Waals surface area contributed by atoms with Gasteiger partial charge in [-0.1, -0.05) is 23.7 Å². The molecular weight excluding hydrogens is 395 g/mol. The lowest BCUT2D eigenvalue weighted by Crippen LogP contribution is -2.21. The zero-order valence-corrected chi connectivity index (χ0v) is 15.9. The molecule has 2 heterocycles. The summed E-state index contributed by atoms with van der Waals surface area (Å²) in [6.45, 7) is 0. The van der Waals surface area contributed by atoms with Crippen LogP contribution in [0.15, 0.2) is 65.6 Å². The summed E-state index contributed by atoms with van der Waals surface area (Å²) < 4.78 is 15.3. The van der Waals surface area contributed by atoms with Crippen LogP contribution in [-0.4, -0.2) is 20.4 Å². The summed E-state index contributed by atoms with van der Waals surface area (Å²) >= 11 is 5.72. The van der Waals surface area contributed by atoms with Crippen LogP contribution in [0.2, 0.25) is 5.02 Å². The lowest BCUT2D eigenvalue weighted by molar-refractivity contribution is 0.102. The molecule has 0 aliphatic rings. The van der Waals surface area contributed by atoms with Crippen LogP contribution in [0.25, 0.3) is 22.4 Å². The molecule has 0 saturated carbocycles. The van der Waals surface area contributed by atoms with Gasteiger partial charge in [0.25, 0.3) is 11.5 Å². The van der Waals surface area contributed by atoms with E-state index in [2.05, 4.69) is 15.3 Å². The number of rotatable bonds is 3. The normalized spacial score (nSPS) is 10.9. The molecule has 0 saturated heterocycles. The van der Waals surface area contributed by atoms with Gasteiger partial charge >= 0.3 is 0 Å². The zero-order valence-electron chi connectivity index (χ0n) is 15.2. The molecule has 6 nitrogen and oxygen atoms in total. The van der Waals surface area contributed by atoms with Gasteiger partial charge in [-0.3, -0.25) is 14.2 Å². The maximum absolute atomic E-state index is 13.9. The highest BCUT2D eigenvalue weighted by atomic mass is 35.5. The van der Waals surface area contributed by atoms with Crippen molar-refractivity contribution in [2.24, 2.45) is 7.05 Å². The minimum atomic E-state index is -0.625. The number of benzene rings is 2. The van der Waals surface area contributed by atoms with Gasteiger partial charge in [-0.05, 0) is 42.5 Å². The van der Waals surface area contributed by atoms with Crippen molar-refractivity contribution in [1.29, 1.82) is 0 Å². The molecule has 2 aromatic heterocycles. The largest absolute Gasteiger partial charge is 0.319 e. The first kappa shape index (κ1) is 18.8. The van der Waals surface area contributed by atoms with Crippen molar-refractivity contribution in [3.8, 4) is 11.3 Å². The van der Waals surface area contributed by atoms with E-state index in [0.717, 1.165) is 6.07 Å². The summed E-state index contributed by atoms with van der Waals surface area (Å²) in [5.74, 6) is -1.11. The van der Waals surface area contributed by atoms with Crippen LogP contribution in [0.4, 0.5) is 10.1 Å². The third-order valence-electron chi connectivity index (χ3n) is 4.42. The van der Waals surface area contributed by atoms with Crippen LogP contribution < -0.4 is 10.9 Å². The van der Waals surface area contributed by atoms with E-state index in [-0.39, 0.29) is 22.0 Å². The van der Waals surface area contributed by atoms with E-state index < -0.39 is 11.7 Å². The number of hydrogen-bond donors (Lipinski definition) is 1. The van der Waals surface area contributed by atoms with Crippen LogP contribution in [0, 0.1) is 5.82 Å². The summed E-state index contributed by atoms with van der Waals surface area (Å²) in [5, 5.41) is 2.74. The van der Waals surface area contributed by atoms with E-state index in [1.165, 1.54) is 16.7 Å². The minimum Gasteiger partial charge on any atom is -0.319 e. The van der Waals surface area contributed by atoms with E-state index >= 15 is 0 Å². The topological polar surface area (TPSA) is 76.9 Å². The number of nitrogens with zero attached hydrogens (tertiary/aromatic N) is 3. The molecule has 0 aliphatic heterocycles. The number of aryl methyl sites for hydroxylation is 1. The number of carbonyl (C=O) groups is 1. The second kappa shape index (κ2) is 7.44. The molecule has 0 unspecified atom stereocenters. The second-order valence-corrected chi connectivity index (χ2v) is 6.76. The Hall–Kier alpha value is -3.58. The SMILES string of the molecule is Cn1c(=O)c(-c2ccc(C(=O)Nc3ccc(Cl)cc3F)cc2)nc2cccnc21. The molecule has 8 heteroatoms. The molecule has 0 atom stereocenters. The van der Waals surface area contributed by atoms with Gasteiger partial charge in [-0.25, -0.2) is 14.4 Å². The average molecular weight is 409 g/mol. The predicted molar refractivity (Wildman–Crippen MR) is 110 cm³/mol. The lowest BCUT2D eigenvalue weighted by Gasteiger charge is -2.09. The van der Waals surface area contributed by atoms with Crippen molar-refractivity contribution in [3.05, 3.63) is 87.6 Å². The quantitative estimate of drug-likeness (QED) is 0.555. The molecule has 0 spiro atoms. The Morgan fingerprint density at radius 1 is 1.14 bits per heavy atom. The number of amides is 1. The molecule has 2 aromatic carbocycles. The first-order chi connectivity index (χ1) is 13.9. The highest BCUT2D eigenvalue weighted by molar-refractivity contribution is 6.30. The van der Waals surface area contributed by atoms with E-state index in [4.69, 9.17) is 11.6 Å². The van der Waals surface area contributed by atoms with Crippen molar-refractivity contribution >= 4 is 34.4 Å². The molecule has 0 fully saturated rings. The maximum Gasteiger partial charge on any atom is 0.278 e. The van der Waals surface area contributed by atoms with Crippen LogP contribution in [0.3, 0.4) is 0 Å². The van der Waals surface area contributed by atoms with Gasteiger partial charge in [0.05, 0.1) is 5.69 Å². The van der Waals surface area contributed by atoms with E-state index in [0.29, 0.717) is 22.3 Å². The first-order valence-corrected chi connectivity index (χ1v) is 9.00. The third-order valence-corrected chi connectivity index (χ3v) is 4.66. The Morgan fingerprint density at radius 3 is 2.62 bits per heavy atom. The number of anilines is 1. The number of fused-ring (bicyclic) bond motifs is 1. The van der Waals surface area contributed by atoms with E-state index in [9.17, 15) is 14.0 Å². The van der Waals surface area contributed by atoms with Gasteiger partial charge in [0.15, 0.2) is 5.65 Å². The summed E-state index contributed by atoms with van der Waals surface area (Å²) in [4.78, 5) is 33.6. The molecular formula is C21H14ClFN4O2. The molecule has 0 radical (unpaired) electrons. The fraction of sp³-hybridized carbons (Fsp3) is 0.0476. The van der Waals surface area contributed by atoms with Crippen LogP contribution in [0.5, 0.6) is 0 Å². The van der Waals surface area contributed by atoms with Crippen molar-refractivity contribution in [2.45, 2.75) is 0 Å². The van der Waals surface area contributed by atoms with Gasteiger partial charge in [0, 0.05) is 29.4 Å². The van der Waals surface area contributed by atoms with Gasteiger partial charge in [-0.15, -0.1) is 0 Å². The Bertz CT molecular complexity index is 1300. The van der Waals surface area contributed by atoms with Gasteiger partial charge < -0.3 is 5.32 Å². The lowest BCUT2D eigenvalue weighted by atomic mass is 10.1. The fourth-order valence-electron chi connectivity index (χ4n) is 2.91. The second-order valence-electron chi connectivity index (χ2n) is 6.33. The predicted octanol–water partition coefficient (Wildman–Crippen LogP) is 4.04. The van der Waals surface area contributed by atoms with Crippen molar-refractivity contribution in [1.82, 2.24) is 14.5 Å². The Balaban J connectivity index is 1.64. The molecule has 29 heavy (non-hydrogen) atoms. The van der Waals surface area contributed by atoms with Gasteiger partial charge in [0.2, 0.25) is 0 Å². The number of aromatic nitrogens is 3. The Labute approximate surface area is 169 Å². The molecule has 0 bridgehead atoms. The summed E-state index contributed by atoms with van der Waals surface area (Å²) in [7, 11) is 1.63. The maximum atomic E-state index is 13.9. The summed E-state index contributed by atoms with van der Waals surface area (Å²) in [6, 6.07) is 13.9. The molecule has 4 aromatic rings. The fourth-order valence-corrected chi connectivity index (χ4v) is 3.07. The zero-order chi connectivity index (χ0) is 20.5. The number of nitrogens with one attached hydrogen (secondary N) is 1. The van der Waals surface area contributed by atoms with Crippen molar-refractivity contribution in [3.63, 3.8) is 0 Å². The number of hydrogen-bond acceptors (Lipinski definition) is 4. The third kappa shape index (κ3) is 3.60. The molecule has 0 aliphatic carbocycles. The van der Waals surface area contributed by atoms with Crippen LogP contribution >= 0.6 is 11.6 Å². The first-order valence-electron chi connectivity index (χ1n) is 8.62. The Kier molecular flexibility index (Phi) is 4.82. The monoisotopic (exact) mass is 408 g/mol. The van der Waals surface area contributed by atoms with Crippen LogP contribution in [0.1, 0.15) is 10.4 Å². The molecule has 4 rings (SSSR count). The summed E-state index contributed by atoms with van der Waals surface area (Å²) in [5.41, 5.74) is 1.93. The van der Waals surface area contributed by atoms with Gasteiger partial charge in [0.1, 0.15) is 17.0 Å². The highest BCUT2D eigenvalue weighted by Gasteiger charge is 2.13. The molecule has 144 valence electrons. The smallest absolute Gasteiger partial charge is 0.278 e. The molecule has 1 N–H and O–H groups in total. The van der Waals surface area contributed by atoms with Crippen molar-refractivity contribution < 1.29 is 9.18 Å². The van der Waals surface area contributed by atoms with Gasteiger partial charge in [-0.2, -0.15) is 0 Å². The van der Waals surface area contributed by atoms with Crippen molar-refractivity contribution in [2.75, 3.05) is 5.32 Å². The molecule has 1 amide bonds. The number of halogens is 2. The number of pyridine rings is 1. The minimum absolute atomic E-state index is 0.0287. The highest BCUT2D eigenvalue weighted by Crippen LogP contribution is 2.21. The standard InChI is InChI=1S/C21H14ClFN4O2/c1-27-19-17(3-2-10-24-19)25-18(21(27)29)12-4-6-13(7-5-12)20(28)26-16-9-8-14(22)11-15(16)23/h2-11H,1H3,(H,26,28). The summed E-state index contributed by atoms with van der Waals surface area (Å²) in [6.07, 6.45) is 1.60. The van der Waals surface area contributed by atoms with E-state index in [1.54, 1.807) is 49.6 Å². The van der Waals surface area contributed by atoms with E-state index in [1.807, 2.05) is 0 Å². The van der Waals surface area contributed by atoms with Crippen LogP contribution in [-0.2, 0) is 7.05 Å². The number of carbonyl (C=O) groups excluding carboxylic acids is 1. The Morgan fingerprint density at radius 2 is 1.90 bits per heavy atom.